The van der Waals surface area contributed by atoms with Gasteiger partial charge in [-0.05, 0) is 82.6 Å². The molecule has 0 radical (unpaired) electrons. The number of aryl methyl sites for hydroxylation is 1. The van der Waals surface area contributed by atoms with Gasteiger partial charge in [-0.15, -0.1) is 0 Å². The van der Waals surface area contributed by atoms with Gasteiger partial charge in [0.05, 0.1) is 10.6 Å². The third-order valence-corrected chi connectivity index (χ3v) is 8.26. The Labute approximate surface area is 203 Å². The third-order valence-electron chi connectivity index (χ3n) is 6.08. The van der Waals surface area contributed by atoms with Crippen molar-refractivity contribution in [3.8, 4) is 0 Å². The van der Waals surface area contributed by atoms with E-state index in [1.807, 2.05) is 6.92 Å². The van der Waals surface area contributed by atoms with Gasteiger partial charge < -0.3 is 10.2 Å². The molecule has 3 rings (SSSR count). The van der Waals surface area contributed by atoms with Gasteiger partial charge in [0, 0.05) is 11.6 Å². The van der Waals surface area contributed by atoms with Gasteiger partial charge in [-0.1, -0.05) is 48.2 Å². The van der Waals surface area contributed by atoms with Crippen molar-refractivity contribution in [2.45, 2.75) is 50.8 Å². The molecular formula is C25H34ClN3O3S. The summed E-state index contributed by atoms with van der Waals surface area (Å²) >= 11 is 6.27. The number of halogens is 1. The first-order valence-electron chi connectivity index (χ1n) is 11.6. The number of sulfonamides is 1. The van der Waals surface area contributed by atoms with Gasteiger partial charge >= 0.3 is 0 Å². The first-order valence-corrected chi connectivity index (χ1v) is 13.4. The van der Waals surface area contributed by atoms with E-state index in [-0.39, 0.29) is 17.3 Å². The highest BCUT2D eigenvalue weighted by molar-refractivity contribution is 7.92. The van der Waals surface area contributed by atoms with Gasteiger partial charge in [-0.25, -0.2) is 8.42 Å². The van der Waals surface area contributed by atoms with Crippen molar-refractivity contribution in [2.75, 3.05) is 37.0 Å². The van der Waals surface area contributed by atoms with E-state index in [9.17, 15) is 13.2 Å². The number of benzene rings is 2. The van der Waals surface area contributed by atoms with Crippen molar-refractivity contribution in [1.29, 1.82) is 0 Å². The van der Waals surface area contributed by atoms with Crippen LogP contribution in [0.4, 0.5) is 5.69 Å². The van der Waals surface area contributed by atoms with Crippen LogP contribution in [0.15, 0.2) is 47.4 Å². The fourth-order valence-corrected chi connectivity index (χ4v) is 5.73. The zero-order valence-corrected chi connectivity index (χ0v) is 21.1. The number of amides is 1. The van der Waals surface area contributed by atoms with Crippen molar-refractivity contribution in [3.05, 3.63) is 58.6 Å². The summed E-state index contributed by atoms with van der Waals surface area (Å²) in [7, 11) is -3.95. The molecule has 33 heavy (non-hydrogen) atoms. The lowest BCUT2D eigenvalue weighted by Crippen LogP contribution is -2.42. The maximum atomic E-state index is 13.5. The van der Waals surface area contributed by atoms with E-state index < -0.39 is 10.0 Å². The first kappa shape index (κ1) is 25.5. The Kier molecular flexibility index (Phi) is 9.18. The summed E-state index contributed by atoms with van der Waals surface area (Å²) < 4.78 is 28.2. The number of hydrogen-bond donors (Lipinski definition) is 1. The van der Waals surface area contributed by atoms with Crippen molar-refractivity contribution in [3.63, 3.8) is 0 Å². The van der Waals surface area contributed by atoms with Crippen molar-refractivity contribution in [2.24, 2.45) is 0 Å². The summed E-state index contributed by atoms with van der Waals surface area (Å²) in [6.45, 7) is 7.04. The lowest BCUT2D eigenvalue weighted by molar-refractivity contribution is -0.119. The second kappa shape index (κ2) is 11.9. The van der Waals surface area contributed by atoms with Crippen LogP contribution >= 0.6 is 11.6 Å². The molecule has 1 aliphatic rings. The minimum absolute atomic E-state index is 0.140. The molecule has 180 valence electrons. The molecule has 0 aromatic heterocycles. The molecular weight excluding hydrogens is 458 g/mol. The second-order valence-corrected chi connectivity index (χ2v) is 10.9. The van der Waals surface area contributed by atoms with Crippen LogP contribution in [0.3, 0.4) is 0 Å². The number of nitrogens with zero attached hydrogens (tertiary/aromatic N) is 2. The highest BCUT2D eigenvalue weighted by atomic mass is 35.5. The average molecular weight is 492 g/mol. The Hall–Kier alpha value is -2.09. The molecule has 0 spiro atoms. The zero-order chi connectivity index (χ0) is 23.8. The minimum Gasteiger partial charge on any atom is -0.354 e. The molecule has 1 amide bonds. The smallest absolute Gasteiger partial charge is 0.264 e. The summed E-state index contributed by atoms with van der Waals surface area (Å²) in [5.74, 6) is -0.332. The quantitative estimate of drug-likeness (QED) is 0.523. The molecule has 2 aromatic carbocycles. The van der Waals surface area contributed by atoms with Crippen LogP contribution in [0, 0.1) is 13.8 Å². The molecule has 0 bridgehead atoms. The van der Waals surface area contributed by atoms with Crippen molar-refractivity contribution >= 4 is 33.2 Å². The standard InChI is InChI=1S/C25H34ClN3O3S/c1-20-11-13-22(14-12-20)33(31,32)29(24-10-7-9-23(26)21(24)2)19-25(30)27-15-8-18-28-16-5-3-4-6-17-28/h7,9-14H,3-6,8,15-19H2,1-2H3,(H,27,30). The van der Waals surface area contributed by atoms with Gasteiger partial charge in [0.25, 0.3) is 10.0 Å². The van der Waals surface area contributed by atoms with E-state index >= 15 is 0 Å². The summed E-state index contributed by atoms with van der Waals surface area (Å²) in [6.07, 6.45) is 5.89. The van der Waals surface area contributed by atoms with E-state index in [4.69, 9.17) is 11.6 Å². The summed E-state index contributed by atoms with van der Waals surface area (Å²) in [5.41, 5.74) is 1.98. The van der Waals surface area contributed by atoms with Gasteiger partial charge in [-0.2, -0.15) is 0 Å². The van der Waals surface area contributed by atoms with E-state index in [2.05, 4.69) is 10.2 Å². The molecule has 0 aliphatic carbocycles. The molecule has 1 fully saturated rings. The van der Waals surface area contributed by atoms with Crippen LogP contribution < -0.4 is 9.62 Å². The number of carbonyl (C=O) groups excluding carboxylic acids is 1. The molecule has 1 saturated heterocycles. The van der Waals surface area contributed by atoms with Crippen LogP contribution in [0.5, 0.6) is 0 Å². The summed E-state index contributed by atoms with van der Waals surface area (Å²) in [4.78, 5) is 15.4. The van der Waals surface area contributed by atoms with Crippen molar-refractivity contribution in [1.82, 2.24) is 10.2 Å². The van der Waals surface area contributed by atoms with Gasteiger partial charge in [-0.3, -0.25) is 9.10 Å². The average Bonchev–Trinajstić information content (AvgIpc) is 3.06. The Morgan fingerprint density at radius 3 is 2.36 bits per heavy atom. The Morgan fingerprint density at radius 1 is 1.03 bits per heavy atom. The number of rotatable bonds is 9. The number of hydrogen-bond acceptors (Lipinski definition) is 4. The van der Waals surface area contributed by atoms with Crippen LogP contribution in [0.2, 0.25) is 5.02 Å². The van der Waals surface area contributed by atoms with E-state index in [0.717, 1.165) is 35.9 Å². The Balaban J connectivity index is 1.71. The van der Waals surface area contributed by atoms with E-state index in [0.29, 0.717) is 22.8 Å². The number of likely N-dealkylation sites (tertiary alicyclic amines) is 1. The lowest BCUT2D eigenvalue weighted by atomic mass is 10.2. The highest BCUT2D eigenvalue weighted by Crippen LogP contribution is 2.30. The normalized spacial score (nSPS) is 15.1. The molecule has 0 saturated carbocycles. The molecule has 2 aromatic rings. The van der Waals surface area contributed by atoms with Crippen LogP contribution in [0.25, 0.3) is 0 Å². The van der Waals surface area contributed by atoms with Crippen molar-refractivity contribution < 1.29 is 13.2 Å². The predicted molar refractivity (Wildman–Crippen MR) is 134 cm³/mol. The highest BCUT2D eigenvalue weighted by Gasteiger charge is 2.28. The molecule has 1 N–H and O–H groups in total. The Morgan fingerprint density at radius 2 is 1.70 bits per heavy atom. The molecule has 1 aliphatic heterocycles. The fourth-order valence-electron chi connectivity index (χ4n) is 4.08. The number of carbonyl (C=O) groups is 1. The second-order valence-electron chi connectivity index (χ2n) is 8.67. The number of anilines is 1. The lowest BCUT2D eigenvalue weighted by Gasteiger charge is -2.26. The molecule has 0 atom stereocenters. The fraction of sp³-hybridized carbons (Fsp3) is 0.480. The van der Waals surface area contributed by atoms with Crippen LogP contribution in [-0.4, -0.2) is 51.9 Å². The topological polar surface area (TPSA) is 69.7 Å². The third kappa shape index (κ3) is 6.95. The largest absolute Gasteiger partial charge is 0.354 e. The zero-order valence-electron chi connectivity index (χ0n) is 19.5. The van der Waals surface area contributed by atoms with E-state index in [1.165, 1.54) is 25.7 Å². The monoisotopic (exact) mass is 491 g/mol. The summed E-state index contributed by atoms with van der Waals surface area (Å²) in [6, 6.07) is 11.7. The van der Waals surface area contributed by atoms with Gasteiger partial charge in [0.2, 0.25) is 5.91 Å². The number of nitrogens with one attached hydrogen (secondary N) is 1. The molecule has 0 unspecified atom stereocenters. The van der Waals surface area contributed by atoms with Gasteiger partial charge in [0.1, 0.15) is 6.54 Å². The van der Waals surface area contributed by atoms with Crippen LogP contribution in [-0.2, 0) is 14.8 Å². The van der Waals surface area contributed by atoms with Gasteiger partial charge in [0.15, 0.2) is 0 Å². The Bertz CT molecular complexity index is 1030. The minimum atomic E-state index is -3.95. The SMILES string of the molecule is Cc1ccc(S(=O)(=O)N(CC(=O)NCCCN2CCCCCC2)c2cccc(Cl)c2C)cc1. The molecule has 8 heteroatoms. The molecule has 6 nitrogen and oxygen atoms in total. The summed E-state index contributed by atoms with van der Waals surface area (Å²) in [5, 5.41) is 3.35. The molecule has 1 heterocycles. The van der Waals surface area contributed by atoms with E-state index in [1.54, 1.807) is 49.4 Å². The van der Waals surface area contributed by atoms with Crippen LogP contribution in [0.1, 0.15) is 43.2 Å². The first-order chi connectivity index (χ1) is 15.8. The maximum Gasteiger partial charge on any atom is 0.264 e. The maximum absolute atomic E-state index is 13.5. The predicted octanol–water partition coefficient (Wildman–Crippen LogP) is 4.53.